The van der Waals surface area contributed by atoms with Crippen molar-refractivity contribution in [1.82, 2.24) is 5.32 Å². The first kappa shape index (κ1) is 15.4. The summed E-state index contributed by atoms with van der Waals surface area (Å²) in [5, 5.41) is 12.2. The highest BCUT2D eigenvalue weighted by Gasteiger charge is 2.04. The Bertz CT molecular complexity index is 361. The maximum Gasteiger partial charge on any atom is 0.0606 e. The van der Waals surface area contributed by atoms with Crippen LogP contribution in [0.3, 0.4) is 0 Å². The van der Waals surface area contributed by atoms with Crippen LogP contribution in [0.25, 0.3) is 0 Å². The highest BCUT2D eigenvalue weighted by Crippen LogP contribution is 2.23. The van der Waals surface area contributed by atoms with Gasteiger partial charge in [-0.15, -0.1) is 0 Å². The minimum Gasteiger partial charge on any atom is -0.395 e. The van der Waals surface area contributed by atoms with Crippen molar-refractivity contribution in [2.24, 2.45) is 0 Å². The molecular weight excluding hydrogens is 296 g/mol. The lowest BCUT2D eigenvalue weighted by molar-refractivity contribution is 0.199. The summed E-state index contributed by atoms with van der Waals surface area (Å²) in [6.45, 7) is 3.17. The molecule has 0 saturated heterocycles. The first-order valence-corrected chi connectivity index (χ1v) is 6.78. The van der Waals surface area contributed by atoms with Crippen molar-refractivity contribution in [3.8, 4) is 0 Å². The average molecular weight is 317 g/mol. The molecule has 18 heavy (non-hydrogen) atoms. The van der Waals surface area contributed by atoms with Crippen LogP contribution in [0.4, 0.5) is 5.69 Å². The first-order chi connectivity index (χ1) is 8.69. The van der Waals surface area contributed by atoms with Gasteiger partial charge in [0.05, 0.1) is 13.2 Å². The summed E-state index contributed by atoms with van der Waals surface area (Å²) in [6, 6.07) is 6.23. The van der Waals surface area contributed by atoms with Crippen LogP contribution < -0.4 is 10.2 Å². The zero-order valence-corrected chi connectivity index (χ0v) is 12.5. The normalized spacial score (nSPS) is 10.7. The van der Waals surface area contributed by atoms with Crippen molar-refractivity contribution in [2.45, 2.75) is 6.54 Å². The fourth-order valence-electron chi connectivity index (χ4n) is 1.59. The van der Waals surface area contributed by atoms with E-state index >= 15 is 0 Å². The first-order valence-electron chi connectivity index (χ1n) is 5.99. The number of aliphatic hydroxyl groups is 1. The monoisotopic (exact) mass is 316 g/mol. The predicted molar refractivity (Wildman–Crippen MR) is 78.1 cm³/mol. The molecule has 0 aromatic heterocycles. The Morgan fingerprint density at radius 3 is 2.83 bits per heavy atom. The Kier molecular flexibility index (Phi) is 7.27. The maximum absolute atomic E-state index is 8.91. The number of aliphatic hydroxyl groups excluding tert-OH is 1. The van der Waals surface area contributed by atoms with Crippen LogP contribution in [0.5, 0.6) is 0 Å². The van der Waals surface area contributed by atoms with E-state index in [1.165, 1.54) is 5.56 Å². The third-order valence-corrected chi connectivity index (χ3v) is 3.45. The molecule has 0 unspecified atom stereocenters. The standard InChI is InChI=1S/C13H21BrN2O2/c1-16(6-7-17)12-4-3-11(13(14)9-12)10-15-5-8-18-2/h3-4,9,15,17H,5-8,10H2,1-2H3. The highest BCUT2D eigenvalue weighted by atomic mass is 79.9. The van der Waals surface area contributed by atoms with Crippen LogP contribution in [-0.4, -0.2) is 45.6 Å². The van der Waals surface area contributed by atoms with Gasteiger partial charge in [-0.1, -0.05) is 22.0 Å². The number of halogens is 1. The zero-order chi connectivity index (χ0) is 13.4. The lowest BCUT2D eigenvalue weighted by atomic mass is 10.2. The molecule has 0 heterocycles. The average Bonchev–Trinajstić information content (AvgIpc) is 2.36. The summed E-state index contributed by atoms with van der Waals surface area (Å²) in [7, 11) is 3.66. The van der Waals surface area contributed by atoms with Gasteiger partial charge in [-0.25, -0.2) is 0 Å². The van der Waals surface area contributed by atoms with Gasteiger partial charge in [0, 0.05) is 44.0 Å². The summed E-state index contributed by atoms with van der Waals surface area (Å²) in [6.07, 6.45) is 0. The van der Waals surface area contributed by atoms with E-state index in [1.54, 1.807) is 7.11 Å². The SMILES string of the molecule is COCCNCc1ccc(N(C)CCO)cc1Br. The molecule has 0 fully saturated rings. The zero-order valence-electron chi connectivity index (χ0n) is 10.9. The molecular formula is C13H21BrN2O2. The molecule has 1 aromatic carbocycles. The van der Waals surface area contributed by atoms with E-state index in [9.17, 15) is 0 Å². The smallest absolute Gasteiger partial charge is 0.0606 e. The number of anilines is 1. The van der Waals surface area contributed by atoms with Crippen molar-refractivity contribution >= 4 is 21.6 Å². The second-order valence-electron chi connectivity index (χ2n) is 4.09. The molecule has 0 amide bonds. The predicted octanol–water partition coefficient (Wildman–Crippen LogP) is 1.61. The molecule has 4 nitrogen and oxygen atoms in total. The van der Waals surface area contributed by atoms with E-state index < -0.39 is 0 Å². The molecule has 1 aromatic rings. The lowest BCUT2D eigenvalue weighted by Crippen LogP contribution is -2.21. The Hall–Kier alpha value is -0.620. The fourth-order valence-corrected chi connectivity index (χ4v) is 2.10. The number of nitrogens with one attached hydrogen (secondary N) is 1. The van der Waals surface area contributed by atoms with E-state index in [2.05, 4.69) is 39.4 Å². The van der Waals surface area contributed by atoms with Crippen LogP contribution in [0, 0.1) is 0 Å². The van der Waals surface area contributed by atoms with E-state index in [0.29, 0.717) is 6.54 Å². The molecule has 0 aliphatic carbocycles. The number of rotatable bonds is 8. The molecule has 0 saturated carbocycles. The van der Waals surface area contributed by atoms with Gasteiger partial charge in [-0.3, -0.25) is 0 Å². The number of hydrogen-bond donors (Lipinski definition) is 2. The Labute approximate surface area is 117 Å². The summed E-state index contributed by atoms with van der Waals surface area (Å²) in [5.41, 5.74) is 2.31. The van der Waals surface area contributed by atoms with Gasteiger partial charge < -0.3 is 20.1 Å². The molecule has 0 atom stereocenters. The molecule has 2 N–H and O–H groups in total. The third kappa shape index (κ3) is 4.94. The molecule has 0 spiro atoms. The van der Waals surface area contributed by atoms with Gasteiger partial charge >= 0.3 is 0 Å². The minimum absolute atomic E-state index is 0.161. The summed E-state index contributed by atoms with van der Waals surface area (Å²) in [5.74, 6) is 0. The van der Waals surface area contributed by atoms with Crippen LogP contribution in [0.2, 0.25) is 0 Å². The molecule has 0 aliphatic rings. The van der Waals surface area contributed by atoms with Crippen LogP contribution in [0.15, 0.2) is 22.7 Å². The van der Waals surface area contributed by atoms with Gasteiger partial charge in [0.2, 0.25) is 0 Å². The number of nitrogens with zero attached hydrogens (tertiary/aromatic N) is 1. The van der Waals surface area contributed by atoms with Crippen molar-refractivity contribution < 1.29 is 9.84 Å². The van der Waals surface area contributed by atoms with Crippen molar-refractivity contribution in [1.29, 1.82) is 0 Å². The number of likely N-dealkylation sites (N-methyl/N-ethyl adjacent to an activating group) is 1. The van der Waals surface area contributed by atoms with Crippen molar-refractivity contribution in [3.63, 3.8) is 0 Å². The van der Waals surface area contributed by atoms with E-state index in [4.69, 9.17) is 9.84 Å². The summed E-state index contributed by atoms with van der Waals surface area (Å²) >= 11 is 3.58. The van der Waals surface area contributed by atoms with Gasteiger partial charge in [-0.05, 0) is 17.7 Å². The minimum atomic E-state index is 0.161. The number of methoxy groups -OCH3 is 1. The molecule has 0 bridgehead atoms. The largest absolute Gasteiger partial charge is 0.395 e. The number of ether oxygens (including phenoxy) is 1. The second-order valence-corrected chi connectivity index (χ2v) is 4.94. The van der Waals surface area contributed by atoms with E-state index in [1.807, 2.05) is 11.9 Å². The van der Waals surface area contributed by atoms with Crippen LogP contribution >= 0.6 is 15.9 Å². The van der Waals surface area contributed by atoms with Crippen molar-refractivity contribution in [3.05, 3.63) is 28.2 Å². The summed E-state index contributed by atoms with van der Waals surface area (Å²) < 4.78 is 6.06. The number of hydrogen-bond acceptors (Lipinski definition) is 4. The lowest BCUT2D eigenvalue weighted by Gasteiger charge is -2.19. The maximum atomic E-state index is 8.91. The Balaban J connectivity index is 2.56. The van der Waals surface area contributed by atoms with E-state index in [-0.39, 0.29) is 6.61 Å². The molecule has 5 heteroatoms. The topological polar surface area (TPSA) is 44.7 Å². The fraction of sp³-hybridized carbons (Fsp3) is 0.538. The third-order valence-electron chi connectivity index (χ3n) is 2.71. The van der Waals surface area contributed by atoms with Gasteiger partial charge in [0.25, 0.3) is 0 Å². The Morgan fingerprint density at radius 1 is 1.44 bits per heavy atom. The molecule has 1 rings (SSSR count). The summed E-state index contributed by atoms with van der Waals surface area (Å²) in [4.78, 5) is 2.02. The molecule has 0 aliphatic heterocycles. The van der Waals surface area contributed by atoms with Gasteiger partial charge in [0.1, 0.15) is 0 Å². The van der Waals surface area contributed by atoms with Crippen molar-refractivity contribution in [2.75, 3.05) is 45.4 Å². The molecule has 102 valence electrons. The Morgan fingerprint density at radius 2 is 2.22 bits per heavy atom. The van der Waals surface area contributed by atoms with Gasteiger partial charge in [-0.2, -0.15) is 0 Å². The second kappa shape index (κ2) is 8.48. The molecule has 0 radical (unpaired) electrons. The van der Waals surface area contributed by atoms with E-state index in [0.717, 1.165) is 29.9 Å². The number of benzene rings is 1. The highest BCUT2D eigenvalue weighted by molar-refractivity contribution is 9.10. The van der Waals surface area contributed by atoms with Crippen LogP contribution in [-0.2, 0) is 11.3 Å². The van der Waals surface area contributed by atoms with Gasteiger partial charge in [0.15, 0.2) is 0 Å². The quantitative estimate of drug-likeness (QED) is 0.715. The van der Waals surface area contributed by atoms with Crippen LogP contribution in [0.1, 0.15) is 5.56 Å².